The normalized spacial score (nSPS) is 11.7. The van der Waals surface area contributed by atoms with Crippen molar-refractivity contribution < 1.29 is 19.1 Å². The summed E-state index contributed by atoms with van der Waals surface area (Å²) in [5.74, 6) is 1.05. The van der Waals surface area contributed by atoms with Gasteiger partial charge in [-0.3, -0.25) is 9.59 Å². The summed E-state index contributed by atoms with van der Waals surface area (Å²) in [4.78, 5) is 31.7. The molecule has 0 aliphatic heterocycles. The van der Waals surface area contributed by atoms with E-state index in [4.69, 9.17) is 21.1 Å². The summed E-state index contributed by atoms with van der Waals surface area (Å²) < 4.78 is 10.7. The summed E-state index contributed by atoms with van der Waals surface area (Å²) in [5.41, 5.74) is 1.04. The van der Waals surface area contributed by atoms with E-state index in [1.54, 1.807) is 37.4 Å². The van der Waals surface area contributed by atoms with Crippen molar-refractivity contribution in [3.8, 4) is 11.5 Å². The predicted molar refractivity (Wildman–Crippen MR) is 135 cm³/mol. The largest absolute Gasteiger partial charge is 0.493 e. The third-order valence-electron chi connectivity index (χ3n) is 5.37. The van der Waals surface area contributed by atoms with E-state index in [-0.39, 0.29) is 18.4 Å². The highest BCUT2D eigenvalue weighted by molar-refractivity contribution is 7.11. The van der Waals surface area contributed by atoms with Crippen molar-refractivity contribution in [2.45, 2.75) is 52.0 Å². The number of hydrogen-bond acceptors (Lipinski definition) is 5. The van der Waals surface area contributed by atoms with Crippen LogP contribution in [-0.4, -0.2) is 60.8 Å². The van der Waals surface area contributed by atoms with E-state index in [0.29, 0.717) is 37.6 Å². The second-order valence-electron chi connectivity index (χ2n) is 8.00. The zero-order valence-electron chi connectivity index (χ0n) is 20.2. The lowest BCUT2D eigenvalue weighted by Crippen LogP contribution is -2.45. The number of alkyl halides is 1. The fraction of sp³-hybridized carbons (Fsp3) is 0.520. The molecule has 0 spiro atoms. The van der Waals surface area contributed by atoms with Gasteiger partial charge in [-0.05, 0) is 56.5 Å². The fourth-order valence-corrected chi connectivity index (χ4v) is 4.53. The number of rotatable bonds is 13. The first-order chi connectivity index (χ1) is 15.8. The third-order valence-corrected chi connectivity index (χ3v) is 6.55. The number of ether oxygens (including phenoxy) is 2. The second-order valence-corrected chi connectivity index (χ2v) is 10.0. The highest BCUT2D eigenvalue weighted by Crippen LogP contribution is 2.28. The Morgan fingerprint density at radius 2 is 1.79 bits per heavy atom. The zero-order valence-corrected chi connectivity index (χ0v) is 21.8. The van der Waals surface area contributed by atoms with Crippen LogP contribution in [0.2, 0.25) is 0 Å². The second kappa shape index (κ2) is 13.5. The number of methoxy groups -OCH3 is 2. The van der Waals surface area contributed by atoms with Crippen molar-refractivity contribution in [2.24, 2.45) is 0 Å². The van der Waals surface area contributed by atoms with E-state index in [0.717, 1.165) is 23.3 Å². The van der Waals surface area contributed by atoms with Crippen LogP contribution >= 0.6 is 22.9 Å². The first-order valence-corrected chi connectivity index (χ1v) is 12.5. The van der Waals surface area contributed by atoms with Gasteiger partial charge in [-0.1, -0.05) is 19.4 Å². The number of nitrogens with zero attached hydrogens (tertiary/aromatic N) is 2. The van der Waals surface area contributed by atoms with E-state index in [1.165, 1.54) is 4.88 Å². The summed E-state index contributed by atoms with van der Waals surface area (Å²) in [5, 5.41) is -0.658. The van der Waals surface area contributed by atoms with Crippen LogP contribution in [0.15, 0.2) is 30.3 Å². The molecule has 1 heterocycles. The molecule has 6 nitrogen and oxygen atoms in total. The molecule has 182 valence electrons. The number of carbonyl (C=O) groups is 2. The highest BCUT2D eigenvalue weighted by Gasteiger charge is 2.24. The van der Waals surface area contributed by atoms with Crippen LogP contribution in [0.1, 0.15) is 42.0 Å². The molecule has 0 fully saturated rings. The lowest BCUT2D eigenvalue weighted by atomic mass is 10.1. The molecule has 8 heteroatoms. The summed E-state index contributed by atoms with van der Waals surface area (Å²) in [6.45, 7) is 7.36. The quantitative estimate of drug-likeness (QED) is 0.371. The highest BCUT2D eigenvalue weighted by atomic mass is 35.5. The Balaban J connectivity index is 2.18. The van der Waals surface area contributed by atoms with E-state index >= 15 is 0 Å². The smallest absolute Gasteiger partial charge is 0.242 e. The average molecular weight is 495 g/mol. The van der Waals surface area contributed by atoms with Gasteiger partial charge >= 0.3 is 0 Å². The van der Waals surface area contributed by atoms with E-state index in [1.807, 2.05) is 23.1 Å². The number of benzene rings is 1. The van der Waals surface area contributed by atoms with E-state index < -0.39 is 5.38 Å². The number of thiophene rings is 1. The number of unbranched alkanes of at least 4 members (excludes halogenated alkanes) is 1. The molecule has 33 heavy (non-hydrogen) atoms. The Labute approximate surface area is 206 Å². The van der Waals surface area contributed by atoms with Crippen LogP contribution in [0.3, 0.4) is 0 Å². The molecule has 0 aliphatic rings. The van der Waals surface area contributed by atoms with Gasteiger partial charge in [-0.15, -0.1) is 22.9 Å². The monoisotopic (exact) mass is 494 g/mol. The maximum atomic E-state index is 13.3. The molecule has 0 aliphatic carbocycles. The lowest BCUT2D eigenvalue weighted by Gasteiger charge is -2.28. The summed E-state index contributed by atoms with van der Waals surface area (Å²) in [6, 6.07) is 9.89. The molecule has 1 aromatic heterocycles. The predicted octanol–water partition coefficient (Wildman–Crippen LogP) is 4.90. The van der Waals surface area contributed by atoms with Crippen LogP contribution in [-0.2, 0) is 22.6 Å². The van der Waals surface area contributed by atoms with Crippen molar-refractivity contribution in [1.82, 2.24) is 9.80 Å². The van der Waals surface area contributed by atoms with Crippen LogP contribution in [0, 0.1) is 6.92 Å². The molecule has 0 bridgehead atoms. The van der Waals surface area contributed by atoms with Gasteiger partial charge in [0.25, 0.3) is 0 Å². The van der Waals surface area contributed by atoms with Gasteiger partial charge in [0.1, 0.15) is 5.38 Å². The number of amides is 2. The van der Waals surface area contributed by atoms with Crippen molar-refractivity contribution in [3.05, 3.63) is 45.6 Å². The summed E-state index contributed by atoms with van der Waals surface area (Å²) in [6.07, 6.45) is 2.43. The average Bonchev–Trinajstić information content (AvgIpc) is 3.22. The minimum absolute atomic E-state index is 0.0339. The molecule has 0 saturated carbocycles. The minimum Gasteiger partial charge on any atom is -0.493 e. The van der Waals surface area contributed by atoms with Gasteiger partial charge in [-0.2, -0.15) is 0 Å². The van der Waals surface area contributed by atoms with Crippen molar-refractivity contribution in [2.75, 3.05) is 33.9 Å². The summed E-state index contributed by atoms with van der Waals surface area (Å²) in [7, 11) is 3.21. The SMILES string of the molecule is CCCCN(CC(=O)N(CCc1ccc(OC)c(OC)c1)Cc1ccc(C)s1)C(=O)C(C)Cl. The van der Waals surface area contributed by atoms with Crippen LogP contribution in [0.25, 0.3) is 0 Å². The van der Waals surface area contributed by atoms with Gasteiger partial charge in [0.2, 0.25) is 11.8 Å². The van der Waals surface area contributed by atoms with Gasteiger partial charge < -0.3 is 19.3 Å². The molecular weight excluding hydrogens is 460 g/mol. The molecule has 2 aromatic rings. The topological polar surface area (TPSA) is 59.1 Å². The maximum absolute atomic E-state index is 13.3. The van der Waals surface area contributed by atoms with Gasteiger partial charge in [-0.25, -0.2) is 0 Å². The lowest BCUT2D eigenvalue weighted by molar-refractivity contribution is -0.140. The summed E-state index contributed by atoms with van der Waals surface area (Å²) >= 11 is 7.73. The van der Waals surface area contributed by atoms with Crippen molar-refractivity contribution in [3.63, 3.8) is 0 Å². The van der Waals surface area contributed by atoms with Crippen LogP contribution < -0.4 is 9.47 Å². The first-order valence-electron chi connectivity index (χ1n) is 11.3. The van der Waals surface area contributed by atoms with Crippen LogP contribution in [0.5, 0.6) is 11.5 Å². The van der Waals surface area contributed by atoms with Gasteiger partial charge in [0, 0.05) is 22.8 Å². The molecule has 0 N–H and O–H groups in total. The molecule has 1 aromatic carbocycles. The number of halogens is 1. The Morgan fingerprint density at radius 1 is 1.06 bits per heavy atom. The Bertz CT molecular complexity index is 916. The fourth-order valence-electron chi connectivity index (χ4n) is 3.48. The number of hydrogen-bond donors (Lipinski definition) is 0. The first kappa shape index (κ1) is 27.0. The molecule has 2 rings (SSSR count). The van der Waals surface area contributed by atoms with Gasteiger partial charge in [0.15, 0.2) is 11.5 Å². The maximum Gasteiger partial charge on any atom is 0.242 e. The van der Waals surface area contributed by atoms with Crippen molar-refractivity contribution >= 4 is 34.8 Å². The molecule has 2 amide bonds. The Morgan fingerprint density at radius 3 is 2.36 bits per heavy atom. The van der Waals surface area contributed by atoms with Crippen molar-refractivity contribution in [1.29, 1.82) is 0 Å². The molecule has 1 unspecified atom stereocenters. The molecule has 1 atom stereocenters. The molecule has 0 radical (unpaired) electrons. The van der Waals surface area contributed by atoms with Gasteiger partial charge in [0.05, 0.1) is 27.3 Å². The molecule has 0 saturated heterocycles. The van der Waals surface area contributed by atoms with E-state index in [9.17, 15) is 9.59 Å². The standard InChI is InChI=1S/C25H35ClN2O4S/c1-6-7-13-28(25(30)19(3)26)17-24(29)27(16-21-10-8-18(2)33-21)14-12-20-9-11-22(31-4)23(15-20)32-5/h8-11,15,19H,6-7,12-14,16-17H2,1-5H3. The zero-order chi connectivity index (χ0) is 24.4. The number of aryl methyl sites for hydroxylation is 1. The Hall–Kier alpha value is -2.25. The molecular formula is C25H35ClN2O4S. The third kappa shape index (κ3) is 8.23. The van der Waals surface area contributed by atoms with E-state index in [2.05, 4.69) is 26.0 Å². The van der Waals surface area contributed by atoms with Crippen LogP contribution in [0.4, 0.5) is 0 Å². The Kier molecular flexibility index (Phi) is 11.0. The number of carbonyl (C=O) groups excluding carboxylic acids is 2. The minimum atomic E-state index is -0.658.